The average molecular weight is 398 g/mol. The van der Waals surface area contributed by atoms with E-state index in [1.54, 1.807) is 19.4 Å². The molecule has 2 atom stereocenters. The number of hydrogen-bond donors (Lipinski definition) is 2. The summed E-state index contributed by atoms with van der Waals surface area (Å²) in [6.45, 7) is 4.46. The van der Waals surface area contributed by atoms with E-state index in [0.29, 0.717) is 16.8 Å². The van der Waals surface area contributed by atoms with Crippen LogP contribution in [-0.2, 0) is 20.8 Å². The highest BCUT2D eigenvalue weighted by Crippen LogP contribution is 2.22. The molecular formula is C12H20BrN3O3S2. The number of sulfonamides is 1. The minimum Gasteiger partial charge on any atom is -0.369 e. The quantitative estimate of drug-likeness (QED) is 0.696. The summed E-state index contributed by atoms with van der Waals surface area (Å²) >= 11 is 3.23. The van der Waals surface area contributed by atoms with E-state index >= 15 is 0 Å². The van der Waals surface area contributed by atoms with E-state index in [2.05, 4.69) is 31.0 Å². The molecule has 2 unspecified atom stereocenters. The molecule has 1 aromatic heterocycles. The molecule has 0 bridgehead atoms. The van der Waals surface area contributed by atoms with Gasteiger partial charge in [-0.25, -0.2) is 18.1 Å². The smallest absolute Gasteiger partial charge is 0.244 e. The third-order valence-electron chi connectivity index (χ3n) is 2.78. The Morgan fingerprint density at radius 3 is 2.71 bits per heavy atom. The maximum absolute atomic E-state index is 12.4. The number of aromatic nitrogens is 1. The molecule has 9 heteroatoms. The predicted molar refractivity (Wildman–Crippen MR) is 89.4 cm³/mol. The van der Waals surface area contributed by atoms with Gasteiger partial charge in [0.25, 0.3) is 0 Å². The SMILES string of the molecule is CCCNc1ncc(Br)cc1S(=O)(=O)NCC(C)S(C)=O. The van der Waals surface area contributed by atoms with Gasteiger partial charge in [0.2, 0.25) is 10.0 Å². The first kappa shape index (κ1) is 18.5. The van der Waals surface area contributed by atoms with Gasteiger partial charge in [0.15, 0.2) is 0 Å². The lowest BCUT2D eigenvalue weighted by atomic mass is 10.4. The van der Waals surface area contributed by atoms with Gasteiger partial charge in [0.1, 0.15) is 10.7 Å². The van der Waals surface area contributed by atoms with Crippen LogP contribution in [0.5, 0.6) is 0 Å². The van der Waals surface area contributed by atoms with Crippen LogP contribution in [0.2, 0.25) is 0 Å². The minimum absolute atomic E-state index is 0.0828. The Labute approximate surface area is 136 Å². The van der Waals surface area contributed by atoms with E-state index in [4.69, 9.17) is 0 Å². The van der Waals surface area contributed by atoms with Gasteiger partial charge in [-0.3, -0.25) is 4.21 Å². The Bertz CT molecular complexity index is 608. The zero-order valence-electron chi connectivity index (χ0n) is 12.2. The van der Waals surface area contributed by atoms with Crippen LogP contribution in [0, 0.1) is 0 Å². The van der Waals surface area contributed by atoms with E-state index in [-0.39, 0.29) is 16.7 Å². The lowest BCUT2D eigenvalue weighted by Gasteiger charge is -2.14. The van der Waals surface area contributed by atoms with E-state index in [0.717, 1.165) is 6.42 Å². The van der Waals surface area contributed by atoms with E-state index < -0.39 is 20.8 Å². The second kappa shape index (κ2) is 8.21. The van der Waals surface area contributed by atoms with E-state index in [9.17, 15) is 12.6 Å². The van der Waals surface area contributed by atoms with Crippen LogP contribution in [0.4, 0.5) is 5.82 Å². The van der Waals surface area contributed by atoms with Crippen LogP contribution in [-0.4, -0.2) is 42.2 Å². The standard InChI is InChI=1S/C12H20BrN3O3S2/c1-4-5-14-12-11(6-10(13)8-15-12)21(18,19)16-7-9(2)20(3)17/h6,8-9,16H,4-5,7H2,1-3H3,(H,14,15). The Morgan fingerprint density at radius 2 is 2.14 bits per heavy atom. The van der Waals surface area contributed by atoms with Crippen molar-refractivity contribution in [2.24, 2.45) is 0 Å². The summed E-state index contributed by atoms with van der Waals surface area (Å²) < 4.78 is 39.1. The van der Waals surface area contributed by atoms with Gasteiger partial charge in [-0.1, -0.05) is 6.92 Å². The summed E-state index contributed by atoms with van der Waals surface area (Å²) in [6, 6.07) is 1.50. The zero-order valence-corrected chi connectivity index (χ0v) is 15.4. The monoisotopic (exact) mass is 397 g/mol. The molecule has 0 aliphatic rings. The lowest BCUT2D eigenvalue weighted by molar-refractivity contribution is 0.580. The van der Waals surface area contributed by atoms with Crippen molar-refractivity contribution in [3.05, 3.63) is 16.7 Å². The lowest BCUT2D eigenvalue weighted by Crippen LogP contribution is -2.33. The highest BCUT2D eigenvalue weighted by molar-refractivity contribution is 9.10. The molecule has 0 spiro atoms. The van der Waals surface area contributed by atoms with Crippen LogP contribution in [0.3, 0.4) is 0 Å². The van der Waals surface area contributed by atoms with Gasteiger partial charge in [-0.05, 0) is 35.3 Å². The fourth-order valence-corrected chi connectivity index (χ4v) is 3.62. The molecule has 0 aromatic carbocycles. The van der Waals surface area contributed by atoms with Crippen LogP contribution in [0.15, 0.2) is 21.6 Å². The Morgan fingerprint density at radius 1 is 1.48 bits per heavy atom. The molecule has 0 aliphatic carbocycles. The molecule has 0 amide bonds. The van der Waals surface area contributed by atoms with Crippen molar-refractivity contribution in [1.82, 2.24) is 9.71 Å². The molecule has 1 heterocycles. The first-order chi connectivity index (χ1) is 9.77. The summed E-state index contributed by atoms with van der Waals surface area (Å²) in [5.74, 6) is 0.317. The normalized spacial score (nSPS) is 14.7. The van der Waals surface area contributed by atoms with Gasteiger partial charge in [0.05, 0.1) is 0 Å². The van der Waals surface area contributed by atoms with Crippen molar-refractivity contribution in [2.75, 3.05) is 24.7 Å². The summed E-state index contributed by atoms with van der Waals surface area (Å²) in [5.41, 5.74) is 0. The highest BCUT2D eigenvalue weighted by Gasteiger charge is 2.21. The second-order valence-corrected chi connectivity index (χ2v) is 9.04. The maximum Gasteiger partial charge on any atom is 0.244 e. The molecule has 1 rings (SSSR count). The number of halogens is 1. The molecule has 0 radical (unpaired) electrons. The second-order valence-electron chi connectivity index (χ2n) is 4.59. The van der Waals surface area contributed by atoms with Crippen LogP contribution in [0.25, 0.3) is 0 Å². The molecule has 21 heavy (non-hydrogen) atoms. The number of hydrogen-bond acceptors (Lipinski definition) is 5. The van der Waals surface area contributed by atoms with Gasteiger partial charge in [-0.2, -0.15) is 0 Å². The van der Waals surface area contributed by atoms with Crippen molar-refractivity contribution in [1.29, 1.82) is 0 Å². The summed E-state index contributed by atoms with van der Waals surface area (Å²) in [7, 11) is -4.80. The third kappa shape index (κ3) is 5.65. The minimum atomic E-state index is -3.71. The highest BCUT2D eigenvalue weighted by atomic mass is 79.9. The number of rotatable bonds is 8. The summed E-state index contributed by atoms with van der Waals surface area (Å²) in [5, 5.41) is 2.74. The fourth-order valence-electron chi connectivity index (χ4n) is 1.42. The third-order valence-corrected chi connectivity index (χ3v) is 5.95. The zero-order chi connectivity index (χ0) is 16.0. The van der Waals surface area contributed by atoms with Crippen molar-refractivity contribution < 1.29 is 12.6 Å². The number of pyridine rings is 1. The number of nitrogens with zero attached hydrogens (tertiary/aromatic N) is 1. The van der Waals surface area contributed by atoms with Crippen molar-refractivity contribution in [3.8, 4) is 0 Å². The largest absolute Gasteiger partial charge is 0.369 e. The maximum atomic E-state index is 12.4. The van der Waals surface area contributed by atoms with E-state index in [1.807, 2.05) is 6.92 Å². The number of nitrogens with one attached hydrogen (secondary N) is 2. The predicted octanol–water partition coefficient (Wildman–Crippen LogP) is 1.71. The van der Waals surface area contributed by atoms with Gasteiger partial charge >= 0.3 is 0 Å². The van der Waals surface area contributed by atoms with Crippen molar-refractivity contribution >= 4 is 42.6 Å². The topological polar surface area (TPSA) is 88.2 Å². The first-order valence-electron chi connectivity index (χ1n) is 6.49. The first-order valence-corrected chi connectivity index (χ1v) is 10.4. The van der Waals surface area contributed by atoms with Crippen molar-refractivity contribution in [2.45, 2.75) is 30.4 Å². The molecule has 6 nitrogen and oxygen atoms in total. The average Bonchev–Trinajstić information content (AvgIpc) is 2.43. The Hall–Kier alpha value is -0.510. The van der Waals surface area contributed by atoms with Crippen LogP contribution in [0.1, 0.15) is 20.3 Å². The van der Waals surface area contributed by atoms with E-state index in [1.165, 1.54) is 6.07 Å². The molecular weight excluding hydrogens is 378 g/mol. The van der Waals surface area contributed by atoms with Crippen molar-refractivity contribution in [3.63, 3.8) is 0 Å². The number of anilines is 1. The Balaban J connectivity index is 3.00. The van der Waals surface area contributed by atoms with Crippen LogP contribution >= 0.6 is 15.9 Å². The fraction of sp³-hybridized carbons (Fsp3) is 0.583. The molecule has 0 saturated heterocycles. The Kier molecular flexibility index (Phi) is 7.25. The summed E-state index contributed by atoms with van der Waals surface area (Å²) in [6.07, 6.45) is 3.95. The molecule has 0 fully saturated rings. The molecule has 0 saturated carbocycles. The molecule has 0 aliphatic heterocycles. The molecule has 120 valence electrons. The van der Waals surface area contributed by atoms with Crippen LogP contribution < -0.4 is 10.0 Å². The van der Waals surface area contributed by atoms with Gasteiger partial charge in [-0.15, -0.1) is 0 Å². The van der Waals surface area contributed by atoms with Gasteiger partial charge < -0.3 is 5.32 Å². The summed E-state index contributed by atoms with van der Waals surface area (Å²) in [4.78, 5) is 4.19. The van der Waals surface area contributed by atoms with Gasteiger partial charge in [0, 0.05) is 46.1 Å². The molecule has 2 N–H and O–H groups in total. The molecule has 1 aromatic rings.